The van der Waals surface area contributed by atoms with Crippen LogP contribution in [0.1, 0.15) is 10.4 Å². The molecule has 11 heteroatoms. The SMILES string of the molecule is O=C(O)c1cn(-c2ccc(Oc3ccc(OC(F)(F)F)cc3)cc2)c2cc(Cl)c(F)cc2c1=O. The summed E-state index contributed by atoms with van der Waals surface area (Å²) in [6.45, 7) is 0. The minimum Gasteiger partial charge on any atom is -0.477 e. The van der Waals surface area contributed by atoms with E-state index in [1.165, 1.54) is 34.9 Å². The van der Waals surface area contributed by atoms with Gasteiger partial charge in [-0.2, -0.15) is 0 Å². The molecule has 0 unspecified atom stereocenters. The summed E-state index contributed by atoms with van der Waals surface area (Å²) in [4.78, 5) is 24.0. The lowest BCUT2D eigenvalue weighted by atomic mass is 10.1. The third-order valence-electron chi connectivity index (χ3n) is 4.68. The smallest absolute Gasteiger partial charge is 0.477 e. The number of carboxylic acids is 1. The monoisotopic (exact) mass is 493 g/mol. The number of rotatable bonds is 5. The van der Waals surface area contributed by atoms with E-state index in [0.717, 1.165) is 24.4 Å². The van der Waals surface area contributed by atoms with Crippen molar-refractivity contribution in [1.29, 1.82) is 0 Å². The van der Waals surface area contributed by atoms with E-state index < -0.39 is 34.9 Å². The molecular weight excluding hydrogens is 482 g/mol. The van der Waals surface area contributed by atoms with Crippen LogP contribution in [-0.2, 0) is 0 Å². The largest absolute Gasteiger partial charge is 0.573 e. The van der Waals surface area contributed by atoms with Crippen molar-refractivity contribution in [3.8, 4) is 22.9 Å². The van der Waals surface area contributed by atoms with Gasteiger partial charge in [-0.1, -0.05) is 11.6 Å². The number of pyridine rings is 1. The molecule has 0 atom stereocenters. The van der Waals surface area contributed by atoms with Crippen LogP contribution in [0.15, 0.2) is 71.7 Å². The van der Waals surface area contributed by atoms with Gasteiger partial charge in [0.05, 0.1) is 10.5 Å². The van der Waals surface area contributed by atoms with Gasteiger partial charge in [-0.3, -0.25) is 4.79 Å². The quantitative estimate of drug-likeness (QED) is 0.336. The Bertz CT molecular complexity index is 1450. The number of aromatic nitrogens is 1. The van der Waals surface area contributed by atoms with Crippen molar-refractivity contribution in [2.24, 2.45) is 0 Å². The Morgan fingerprint density at radius 2 is 1.50 bits per heavy atom. The zero-order chi connectivity index (χ0) is 24.6. The van der Waals surface area contributed by atoms with Crippen LogP contribution < -0.4 is 14.9 Å². The van der Waals surface area contributed by atoms with E-state index in [4.69, 9.17) is 16.3 Å². The topological polar surface area (TPSA) is 77.8 Å². The summed E-state index contributed by atoms with van der Waals surface area (Å²) in [7, 11) is 0. The van der Waals surface area contributed by atoms with Crippen LogP contribution in [0.5, 0.6) is 17.2 Å². The highest BCUT2D eigenvalue weighted by molar-refractivity contribution is 6.31. The second-order valence-corrected chi connectivity index (χ2v) is 7.35. The molecule has 0 spiro atoms. The predicted molar refractivity (Wildman–Crippen MR) is 115 cm³/mol. The van der Waals surface area contributed by atoms with Crippen LogP contribution in [0.4, 0.5) is 17.6 Å². The molecule has 1 N–H and O–H groups in total. The first-order valence-corrected chi connectivity index (χ1v) is 9.81. The molecule has 34 heavy (non-hydrogen) atoms. The summed E-state index contributed by atoms with van der Waals surface area (Å²) in [6.07, 6.45) is -3.70. The standard InChI is InChI=1S/C23H12ClF4NO5/c24-18-10-20-16(9-19(18)25)21(30)17(22(31)32)11-29(20)12-1-3-13(4-2-12)33-14-5-7-15(8-6-14)34-23(26,27)28/h1-11H,(H,31,32). The van der Waals surface area contributed by atoms with Gasteiger partial charge in [0.2, 0.25) is 5.43 Å². The Labute approximate surface area is 193 Å². The number of carbonyl (C=O) groups is 1. The van der Waals surface area contributed by atoms with Crippen LogP contribution in [0.3, 0.4) is 0 Å². The van der Waals surface area contributed by atoms with E-state index in [1.54, 1.807) is 12.1 Å². The molecule has 4 rings (SSSR count). The minimum absolute atomic E-state index is 0.164. The van der Waals surface area contributed by atoms with Crippen molar-refractivity contribution < 1.29 is 36.9 Å². The maximum absolute atomic E-state index is 14.0. The Morgan fingerprint density at radius 3 is 2.06 bits per heavy atom. The van der Waals surface area contributed by atoms with Gasteiger partial charge in [0.25, 0.3) is 0 Å². The van der Waals surface area contributed by atoms with Gasteiger partial charge < -0.3 is 19.1 Å². The molecule has 0 fully saturated rings. The van der Waals surface area contributed by atoms with Gasteiger partial charge in [0, 0.05) is 17.3 Å². The van der Waals surface area contributed by atoms with Crippen LogP contribution in [-0.4, -0.2) is 22.0 Å². The maximum Gasteiger partial charge on any atom is 0.573 e. The van der Waals surface area contributed by atoms with Gasteiger partial charge in [-0.15, -0.1) is 13.2 Å². The number of hydrogen-bond donors (Lipinski definition) is 1. The van der Waals surface area contributed by atoms with Gasteiger partial charge in [-0.25, -0.2) is 9.18 Å². The minimum atomic E-state index is -4.80. The number of benzene rings is 3. The second-order valence-electron chi connectivity index (χ2n) is 6.95. The zero-order valence-corrected chi connectivity index (χ0v) is 17.5. The van der Waals surface area contributed by atoms with Gasteiger partial charge in [0.1, 0.15) is 28.6 Å². The number of hydrogen-bond acceptors (Lipinski definition) is 4. The molecule has 0 aliphatic carbocycles. The van der Waals surface area contributed by atoms with Gasteiger partial charge >= 0.3 is 12.3 Å². The average Bonchev–Trinajstić information content (AvgIpc) is 2.76. The van der Waals surface area contributed by atoms with E-state index in [0.29, 0.717) is 11.4 Å². The normalized spacial score (nSPS) is 11.4. The van der Waals surface area contributed by atoms with Crippen LogP contribution in [0.2, 0.25) is 5.02 Å². The first-order valence-electron chi connectivity index (χ1n) is 9.43. The molecule has 0 saturated carbocycles. The van der Waals surface area contributed by atoms with E-state index in [1.807, 2.05) is 0 Å². The molecule has 174 valence electrons. The molecule has 1 heterocycles. The maximum atomic E-state index is 14.0. The lowest BCUT2D eigenvalue weighted by molar-refractivity contribution is -0.274. The Hall–Kier alpha value is -4.05. The Balaban J connectivity index is 1.67. The number of alkyl halides is 3. The summed E-state index contributed by atoms with van der Waals surface area (Å²) in [5.41, 5.74) is -0.810. The Morgan fingerprint density at radius 1 is 0.941 bits per heavy atom. The lowest BCUT2D eigenvalue weighted by Crippen LogP contribution is -2.18. The number of fused-ring (bicyclic) bond motifs is 1. The van der Waals surface area contributed by atoms with Gasteiger partial charge in [-0.05, 0) is 60.7 Å². The fraction of sp³-hybridized carbons (Fsp3) is 0.0435. The zero-order valence-electron chi connectivity index (χ0n) is 16.8. The van der Waals surface area contributed by atoms with Crippen molar-refractivity contribution in [2.75, 3.05) is 0 Å². The third kappa shape index (κ3) is 4.81. The third-order valence-corrected chi connectivity index (χ3v) is 4.97. The summed E-state index contributed by atoms with van der Waals surface area (Å²) < 4.78 is 61.5. The summed E-state index contributed by atoms with van der Waals surface area (Å²) in [5.74, 6) is -2.18. The summed E-state index contributed by atoms with van der Waals surface area (Å²) in [6, 6.07) is 13.0. The Kier molecular flexibility index (Phi) is 5.92. The lowest BCUT2D eigenvalue weighted by Gasteiger charge is -2.14. The summed E-state index contributed by atoms with van der Waals surface area (Å²) >= 11 is 5.87. The van der Waals surface area contributed by atoms with Crippen LogP contribution in [0.25, 0.3) is 16.6 Å². The molecule has 0 saturated heterocycles. The average molecular weight is 494 g/mol. The molecule has 0 aliphatic heterocycles. The molecule has 0 amide bonds. The van der Waals surface area contributed by atoms with Crippen molar-refractivity contribution >= 4 is 28.5 Å². The van der Waals surface area contributed by atoms with Crippen LogP contribution >= 0.6 is 11.6 Å². The fourth-order valence-corrected chi connectivity index (χ4v) is 3.36. The molecule has 6 nitrogen and oxygen atoms in total. The summed E-state index contributed by atoms with van der Waals surface area (Å²) in [5, 5.41) is 8.97. The van der Waals surface area contributed by atoms with E-state index in [9.17, 15) is 32.3 Å². The molecule has 0 aliphatic rings. The van der Waals surface area contributed by atoms with E-state index >= 15 is 0 Å². The highest BCUT2D eigenvalue weighted by atomic mass is 35.5. The van der Waals surface area contributed by atoms with E-state index in [-0.39, 0.29) is 21.7 Å². The second kappa shape index (κ2) is 8.71. The molecule has 1 aromatic heterocycles. The van der Waals surface area contributed by atoms with Crippen LogP contribution in [0, 0.1) is 5.82 Å². The van der Waals surface area contributed by atoms with Crippen molar-refractivity contribution in [3.63, 3.8) is 0 Å². The van der Waals surface area contributed by atoms with Gasteiger partial charge in [0.15, 0.2) is 0 Å². The first-order chi connectivity index (χ1) is 16.0. The number of carboxylic acid groups (broad SMARTS) is 1. The highest BCUT2D eigenvalue weighted by Gasteiger charge is 2.31. The number of halogens is 5. The molecule has 0 bridgehead atoms. The molecule has 4 aromatic rings. The fourth-order valence-electron chi connectivity index (χ4n) is 3.21. The van der Waals surface area contributed by atoms with E-state index in [2.05, 4.69) is 4.74 Å². The van der Waals surface area contributed by atoms with Crippen molar-refractivity contribution in [3.05, 3.63) is 93.5 Å². The van der Waals surface area contributed by atoms with Crippen molar-refractivity contribution in [2.45, 2.75) is 6.36 Å². The highest BCUT2D eigenvalue weighted by Crippen LogP contribution is 2.29. The molecule has 0 radical (unpaired) electrons. The molecular formula is C23H12ClF4NO5. The number of nitrogens with zero attached hydrogens (tertiary/aromatic N) is 1. The molecule has 3 aromatic carbocycles. The first kappa shape index (κ1) is 23.1. The number of ether oxygens (including phenoxy) is 2. The van der Waals surface area contributed by atoms with Crippen molar-refractivity contribution in [1.82, 2.24) is 4.57 Å². The predicted octanol–water partition coefficient (Wildman–Crippen LogP) is 6.17. The number of aromatic carboxylic acids is 1.